The number of hydrogen-bond acceptors (Lipinski definition) is 6. The summed E-state index contributed by atoms with van der Waals surface area (Å²) in [7, 11) is 4.37. The SMILES string of the molecule is CCCOc1c(OC)cc(C2NC(=O)NC(CCC)=C2C(=O)OC)cc1OC. The van der Waals surface area contributed by atoms with Crippen LogP contribution in [0, 0.1) is 0 Å². The molecule has 1 heterocycles. The maximum atomic E-state index is 12.5. The average molecular weight is 392 g/mol. The number of carbonyl (C=O) groups is 2. The Morgan fingerprint density at radius 2 is 1.71 bits per heavy atom. The van der Waals surface area contributed by atoms with Crippen LogP contribution in [0.1, 0.15) is 44.7 Å². The molecule has 28 heavy (non-hydrogen) atoms. The van der Waals surface area contributed by atoms with Crippen LogP contribution in [0.4, 0.5) is 4.79 Å². The van der Waals surface area contributed by atoms with Gasteiger partial charge in [0.25, 0.3) is 0 Å². The summed E-state index contributed by atoms with van der Waals surface area (Å²) < 4.78 is 21.7. The van der Waals surface area contributed by atoms with Gasteiger partial charge in [-0.05, 0) is 30.5 Å². The number of carbonyl (C=O) groups excluding carboxylic acids is 2. The van der Waals surface area contributed by atoms with E-state index in [1.807, 2.05) is 13.8 Å². The Balaban J connectivity index is 2.60. The molecule has 0 aromatic heterocycles. The zero-order valence-electron chi connectivity index (χ0n) is 17.0. The zero-order chi connectivity index (χ0) is 20.7. The van der Waals surface area contributed by atoms with Gasteiger partial charge in [-0.1, -0.05) is 20.3 Å². The van der Waals surface area contributed by atoms with Gasteiger partial charge < -0.3 is 29.6 Å². The van der Waals surface area contributed by atoms with Crippen molar-refractivity contribution >= 4 is 12.0 Å². The van der Waals surface area contributed by atoms with Crippen molar-refractivity contribution in [2.75, 3.05) is 27.9 Å². The molecule has 1 aliphatic rings. The second-order valence-corrected chi connectivity index (χ2v) is 6.27. The third-order valence-electron chi connectivity index (χ3n) is 4.33. The van der Waals surface area contributed by atoms with Crippen LogP contribution in [0.15, 0.2) is 23.4 Å². The predicted molar refractivity (Wildman–Crippen MR) is 104 cm³/mol. The Morgan fingerprint density at radius 1 is 1.07 bits per heavy atom. The molecule has 0 saturated carbocycles. The lowest BCUT2D eigenvalue weighted by Crippen LogP contribution is -2.45. The summed E-state index contributed by atoms with van der Waals surface area (Å²) in [4.78, 5) is 24.7. The zero-order valence-corrected chi connectivity index (χ0v) is 17.0. The number of methoxy groups -OCH3 is 3. The summed E-state index contributed by atoms with van der Waals surface area (Å²) in [6.45, 7) is 4.47. The molecule has 0 saturated heterocycles. The molecule has 8 heteroatoms. The van der Waals surface area contributed by atoms with Crippen molar-refractivity contribution in [1.29, 1.82) is 0 Å². The van der Waals surface area contributed by atoms with Crippen molar-refractivity contribution in [3.8, 4) is 17.2 Å². The van der Waals surface area contributed by atoms with Gasteiger partial charge in [-0.3, -0.25) is 0 Å². The van der Waals surface area contributed by atoms with E-state index >= 15 is 0 Å². The topological polar surface area (TPSA) is 95.1 Å². The van der Waals surface area contributed by atoms with Gasteiger partial charge in [0.1, 0.15) is 0 Å². The predicted octanol–water partition coefficient (Wildman–Crippen LogP) is 3.07. The van der Waals surface area contributed by atoms with Gasteiger partial charge in [-0.25, -0.2) is 9.59 Å². The van der Waals surface area contributed by atoms with Crippen LogP contribution in [0.25, 0.3) is 0 Å². The fourth-order valence-corrected chi connectivity index (χ4v) is 3.08. The van der Waals surface area contributed by atoms with E-state index in [1.54, 1.807) is 12.1 Å². The molecule has 1 aromatic rings. The second kappa shape index (κ2) is 9.87. The van der Waals surface area contributed by atoms with Crippen LogP contribution in [-0.4, -0.2) is 39.9 Å². The minimum absolute atomic E-state index is 0.357. The van der Waals surface area contributed by atoms with Crippen LogP contribution in [-0.2, 0) is 9.53 Å². The standard InChI is InChI=1S/C20H28N2O6/c1-6-8-13-16(19(23)27-5)17(22-20(24)21-13)12-10-14(25-3)18(28-9-7-2)15(11-12)26-4/h10-11,17H,6-9H2,1-5H3,(H2,21,22,24). The van der Waals surface area contributed by atoms with Crippen LogP contribution in [0.3, 0.4) is 0 Å². The molecule has 1 aliphatic heterocycles. The van der Waals surface area contributed by atoms with E-state index in [0.29, 0.717) is 47.1 Å². The highest BCUT2D eigenvalue weighted by atomic mass is 16.5. The molecule has 1 aromatic carbocycles. The molecular weight excluding hydrogens is 364 g/mol. The number of amides is 2. The Morgan fingerprint density at radius 3 is 2.21 bits per heavy atom. The Labute approximate surface area is 165 Å². The number of esters is 1. The molecule has 154 valence electrons. The third kappa shape index (κ3) is 4.49. The van der Waals surface area contributed by atoms with Crippen LogP contribution in [0.2, 0.25) is 0 Å². The molecule has 2 rings (SSSR count). The number of allylic oxidation sites excluding steroid dienone is 1. The molecule has 0 fully saturated rings. The van der Waals surface area contributed by atoms with E-state index in [0.717, 1.165) is 12.8 Å². The van der Waals surface area contributed by atoms with Gasteiger partial charge in [0, 0.05) is 5.70 Å². The monoisotopic (exact) mass is 392 g/mol. The lowest BCUT2D eigenvalue weighted by atomic mass is 9.93. The summed E-state index contributed by atoms with van der Waals surface area (Å²) in [6.07, 6.45) is 2.13. The summed E-state index contributed by atoms with van der Waals surface area (Å²) >= 11 is 0. The van der Waals surface area contributed by atoms with Crippen molar-refractivity contribution in [2.24, 2.45) is 0 Å². The molecule has 8 nitrogen and oxygen atoms in total. The van der Waals surface area contributed by atoms with E-state index in [2.05, 4.69) is 10.6 Å². The quantitative estimate of drug-likeness (QED) is 0.627. The highest BCUT2D eigenvalue weighted by molar-refractivity contribution is 5.95. The maximum absolute atomic E-state index is 12.5. The molecule has 0 radical (unpaired) electrons. The van der Waals surface area contributed by atoms with Crippen molar-refractivity contribution in [3.05, 3.63) is 29.0 Å². The van der Waals surface area contributed by atoms with Crippen molar-refractivity contribution < 1.29 is 28.5 Å². The highest BCUT2D eigenvalue weighted by Gasteiger charge is 2.34. The number of benzene rings is 1. The number of hydrogen-bond donors (Lipinski definition) is 2. The number of urea groups is 1. The fraction of sp³-hybridized carbons (Fsp3) is 0.500. The Hall–Kier alpha value is -2.90. The molecule has 1 unspecified atom stereocenters. The third-order valence-corrected chi connectivity index (χ3v) is 4.33. The average Bonchev–Trinajstić information content (AvgIpc) is 2.70. The molecule has 2 amide bonds. The van der Waals surface area contributed by atoms with E-state index < -0.39 is 12.0 Å². The lowest BCUT2D eigenvalue weighted by molar-refractivity contribution is -0.136. The summed E-state index contributed by atoms with van der Waals surface area (Å²) in [6, 6.07) is 2.38. The first-order valence-corrected chi connectivity index (χ1v) is 9.28. The minimum atomic E-state index is -0.703. The first kappa shape index (κ1) is 21.4. The fourth-order valence-electron chi connectivity index (χ4n) is 3.08. The number of ether oxygens (including phenoxy) is 4. The van der Waals surface area contributed by atoms with Crippen molar-refractivity contribution in [2.45, 2.75) is 39.2 Å². The summed E-state index contributed by atoms with van der Waals surface area (Å²) in [5.74, 6) is 0.882. The number of nitrogens with one attached hydrogen (secondary N) is 2. The van der Waals surface area contributed by atoms with Gasteiger partial charge in [-0.15, -0.1) is 0 Å². The van der Waals surface area contributed by atoms with Crippen molar-refractivity contribution in [1.82, 2.24) is 10.6 Å². The first-order valence-electron chi connectivity index (χ1n) is 9.28. The second-order valence-electron chi connectivity index (χ2n) is 6.27. The van der Waals surface area contributed by atoms with Crippen LogP contribution in [0.5, 0.6) is 17.2 Å². The summed E-state index contributed by atoms with van der Waals surface area (Å²) in [5.41, 5.74) is 1.53. The van der Waals surface area contributed by atoms with Crippen LogP contribution >= 0.6 is 0 Å². The molecule has 1 atom stereocenters. The lowest BCUT2D eigenvalue weighted by Gasteiger charge is -2.30. The summed E-state index contributed by atoms with van der Waals surface area (Å²) in [5, 5.41) is 5.51. The smallest absolute Gasteiger partial charge is 0.337 e. The normalized spacial score (nSPS) is 16.2. The van der Waals surface area contributed by atoms with Gasteiger partial charge >= 0.3 is 12.0 Å². The van der Waals surface area contributed by atoms with Crippen molar-refractivity contribution in [3.63, 3.8) is 0 Å². The molecular formula is C20H28N2O6. The van der Waals surface area contributed by atoms with E-state index in [1.165, 1.54) is 21.3 Å². The van der Waals surface area contributed by atoms with Gasteiger partial charge in [0.15, 0.2) is 11.5 Å². The molecule has 0 spiro atoms. The van der Waals surface area contributed by atoms with E-state index in [-0.39, 0.29) is 6.03 Å². The number of rotatable bonds is 9. The Bertz CT molecular complexity index is 734. The maximum Gasteiger partial charge on any atom is 0.337 e. The Kier molecular flexibility index (Phi) is 7.54. The molecule has 2 N–H and O–H groups in total. The first-order chi connectivity index (χ1) is 13.5. The molecule has 0 aliphatic carbocycles. The highest BCUT2D eigenvalue weighted by Crippen LogP contribution is 2.42. The van der Waals surface area contributed by atoms with Crippen LogP contribution < -0.4 is 24.8 Å². The molecule has 0 bridgehead atoms. The van der Waals surface area contributed by atoms with Gasteiger partial charge in [-0.2, -0.15) is 0 Å². The van der Waals surface area contributed by atoms with Gasteiger partial charge in [0.2, 0.25) is 5.75 Å². The largest absolute Gasteiger partial charge is 0.493 e. The van der Waals surface area contributed by atoms with E-state index in [9.17, 15) is 9.59 Å². The van der Waals surface area contributed by atoms with E-state index in [4.69, 9.17) is 18.9 Å². The van der Waals surface area contributed by atoms with Gasteiger partial charge in [0.05, 0.1) is 39.6 Å². The minimum Gasteiger partial charge on any atom is -0.493 e.